The number of ether oxygens (including phenoxy) is 4. The van der Waals surface area contributed by atoms with Crippen LogP contribution in [-0.4, -0.2) is 97.5 Å². The summed E-state index contributed by atoms with van der Waals surface area (Å²) >= 11 is 0. The Morgan fingerprint density at radius 2 is 1.05 bits per heavy atom. The Labute approximate surface area is 365 Å². The third-order valence-corrected chi connectivity index (χ3v) is 11.5. The summed E-state index contributed by atoms with van der Waals surface area (Å²) < 4.78 is 59.1. The SMILES string of the molecule is CCCCCCCC/C=C\CCCCCCCCCCOCC(COC1OC(CO)C(O)C(OS(=O)(=O)O)C1O)OC(=O)CCCCCCC/C=C\CCCCCCCC. The van der Waals surface area contributed by atoms with Gasteiger partial charge in [-0.2, -0.15) is 8.42 Å². The van der Waals surface area contributed by atoms with E-state index in [1.807, 2.05) is 0 Å². The van der Waals surface area contributed by atoms with Crippen molar-refractivity contribution in [3.05, 3.63) is 24.3 Å². The quantitative estimate of drug-likeness (QED) is 0.0198. The molecule has 0 aromatic carbocycles. The number of carbonyl (C=O) groups excluding carboxylic acids is 1. The number of allylic oxidation sites excluding steroid dienone is 4. The third kappa shape index (κ3) is 32.3. The number of unbranched alkanes of at least 4 members (excludes halogenated alkanes) is 25. The summed E-state index contributed by atoms with van der Waals surface area (Å²) in [4.78, 5) is 12.9. The lowest BCUT2D eigenvalue weighted by atomic mass is 9.99. The van der Waals surface area contributed by atoms with E-state index in [4.69, 9.17) is 23.5 Å². The second-order valence-corrected chi connectivity index (χ2v) is 17.7. The summed E-state index contributed by atoms with van der Waals surface area (Å²) in [6, 6.07) is 0. The summed E-state index contributed by atoms with van der Waals surface area (Å²) in [6.45, 7) is 3.98. The Kier molecular flexibility index (Phi) is 37.0. The summed E-state index contributed by atoms with van der Waals surface area (Å²) in [5.74, 6) is -0.407. The van der Waals surface area contributed by atoms with Crippen molar-refractivity contribution in [1.82, 2.24) is 0 Å². The molecule has 6 atom stereocenters. The van der Waals surface area contributed by atoms with E-state index in [1.165, 1.54) is 122 Å². The van der Waals surface area contributed by atoms with E-state index in [2.05, 4.69) is 42.3 Å². The van der Waals surface area contributed by atoms with E-state index >= 15 is 0 Å². The van der Waals surface area contributed by atoms with Gasteiger partial charge in [0.1, 0.15) is 30.5 Å². The van der Waals surface area contributed by atoms with Crippen molar-refractivity contribution in [3.63, 3.8) is 0 Å². The summed E-state index contributed by atoms with van der Waals surface area (Å²) in [7, 11) is -5.06. The fourth-order valence-electron chi connectivity index (χ4n) is 7.37. The molecule has 6 unspecified atom stereocenters. The highest BCUT2D eigenvalue weighted by Gasteiger charge is 2.48. The molecule has 0 spiro atoms. The highest BCUT2D eigenvalue weighted by atomic mass is 32.3. The standard InChI is InChI=1S/C47H88O12S/c1-3-5-7-9-11-13-15-17-19-20-21-23-25-27-29-31-33-35-37-55-39-41(40-56-47-45(51)46(59-60(52,53)54)44(50)42(38-48)58-47)57-43(49)36-34-32-30-28-26-24-22-18-16-14-12-10-8-6-4-2/h17-19,22,41-42,44-48,50-51H,3-16,20-21,23-40H2,1-2H3,(H,52,53,54)/b19-17-,22-18-. The molecule has 0 aromatic heterocycles. The van der Waals surface area contributed by atoms with Crippen LogP contribution < -0.4 is 0 Å². The number of aliphatic hydroxyl groups is 3. The minimum absolute atomic E-state index is 0.0331. The van der Waals surface area contributed by atoms with Crippen molar-refractivity contribution in [2.45, 2.75) is 243 Å². The minimum Gasteiger partial charge on any atom is -0.457 e. The zero-order chi connectivity index (χ0) is 43.9. The Hall–Kier alpha value is -1.42. The molecule has 0 aromatic rings. The van der Waals surface area contributed by atoms with Crippen LogP contribution in [0, 0.1) is 0 Å². The van der Waals surface area contributed by atoms with Crippen LogP contribution in [0.2, 0.25) is 0 Å². The summed E-state index contributed by atoms with van der Waals surface area (Å²) in [5.41, 5.74) is 0. The molecule has 12 nitrogen and oxygen atoms in total. The van der Waals surface area contributed by atoms with Gasteiger partial charge in [0.05, 0.1) is 19.8 Å². The number of hydrogen-bond donors (Lipinski definition) is 4. The van der Waals surface area contributed by atoms with Crippen molar-refractivity contribution < 1.29 is 56.2 Å². The first-order valence-corrected chi connectivity index (χ1v) is 25.5. The minimum atomic E-state index is -5.06. The molecular formula is C47H88O12S. The molecule has 13 heteroatoms. The number of carbonyl (C=O) groups is 1. The molecule has 354 valence electrons. The zero-order valence-corrected chi connectivity index (χ0v) is 38.6. The maximum Gasteiger partial charge on any atom is 0.397 e. The topological polar surface area (TPSA) is 178 Å². The Morgan fingerprint density at radius 1 is 0.617 bits per heavy atom. The third-order valence-electron chi connectivity index (χ3n) is 11.0. The molecule has 0 aliphatic carbocycles. The molecule has 60 heavy (non-hydrogen) atoms. The monoisotopic (exact) mass is 877 g/mol. The van der Waals surface area contributed by atoms with E-state index < -0.39 is 59.8 Å². The van der Waals surface area contributed by atoms with E-state index in [0.29, 0.717) is 13.0 Å². The molecule has 0 amide bonds. The van der Waals surface area contributed by atoms with Crippen LogP contribution in [-0.2, 0) is 38.3 Å². The first kappa shape index (κ1) is 56.6. The van der Waals surface area contributed by atoms with Crippen molar-refractivity contribution in [2.75, 3.05) is 26.4 Å². The van der Waals surface area contributed by atoms with E-state index in [-0.39, 0.29) is 19.6 Å². The average molecular weight is 877 g/mol. The van der Waals surface area contributed by atoms with Gasteiger partial charge >= 0.3 is 16.4 Å². The van der Waals surface area contributed by atoms with E-state index in [0.717, 1.165) is 57.8 Å². The lowest BCUT2D eigenvalue weighted by Gasteiger charge is -2.41. The smallest absolute Gasteiger partial charge is 0.397 e. The molecule has 1 aliphatic rings. The lowest BCUT2D eigenvalue weighted by molar-refractivity contribution is -0.301. The Balaban J connectivity index is 2.40. The molecule has 4 N–H and O–H groups in total. The zero-order valence-electron chi connectivity index (χ0n) is 37.8. The van der Waals surface area contributed by atoms with Gasteiger partial charge in [0.25, 0.3) is 0 Å². The van der Waals surface area contributed by atoms with Crippen molar-refractivity contribution >= 4 is 16.4 Å². The number of esters is 1. The predicted octanol–water partition coefficient (Wildman–Crippen LogP) is 10.4. The largest absolute Gasteiger partial charge is 0.457 e. The second kappa shape index (κ2) is 39.2. The molecule has 1 aliphatic heterocycles. The summed E-state index contributed by atoms with van der Waals surface area (Å²) in [6.07, 6.45) is 34.9. The maximum absolute atomic E-state index is 12.9. The van der Waals surface area contributed by atoms with Crippen molar-refractivity contribution in [2.24, 2.45) is 0 Å². The molecule has 1 saturated heterocycles. The first-order valence-electron chi connectivity index (χ1n) is 24.1. The summed E-state index contributed by atoms with van der Waals surface area (Å²) in [5, 5.41) is 30.7. The van der Waals surface area contributed by atoms with Crippen LogP contribution >= 0.6 is 0 Å². The molecule has 1 rings (SSSR count). The fourth-order valence-corrected chi connectivity index (χ4v) is 7.88. The first-order chi connectivity index (χ1) is 29.1. The average Bonchev–Trinajstić information content (AvgIpc) is 3.22. The van der Waals surface area contributed by atoms with Gasteiger partial charge in [-0.3, -0.25) is 9.35 Å². The van der Waals surface area contributed by atoms with Gasteiger partial charge in [-0.05, 0) is 64.2 Å². The van der Waals surface area contributed by atoms with E-state index in [1.54, 1.807) is 0 Å². The van der Waals surface area contributed by atoms with Crippen molar-refractivity contribution in [1.29, 1.82) is 0 Å². The van der Waals surface area contributed by atoms with Crippen LogP contribution in [0.4, 0.5) is 0 Å². The molecule has 0 bridgehead atoms. The fraction of sp³-hybridized carbons (Fsp3) is 0.894. The molecule has 0 saturated carbocycles. The van der Waals surface area contributed by atoms with Gasteiger partial charge in [0.15, 0.2) is 6.29 Å². The van der Waals surface area contributed by atoms with Gasteiger partial charge in [-0.25, -0.2) is 4.18 Å². The lowest BCUT2D eigenvalue weighted by Crippen LogP contribution is -2.60. The van der Waals surface area contributed by atoms with Gasteiger partial charge < -0.3 is 34.3 Å². The van der Waals surface area contributed by atoms with E-state index in [9.17, 15) is 28.5 Å². The van der Waals surface area contributed by atoms with Crippen LogP contribution in [0.15, 0.2) is 24.3 Å². The number of aliphatic hydroxyl groups excluding tert-OH is 3. The Bertz CT molecular complexity index is 1150. The second-order valence-electron chi connectivity index (χ2n) is 16.7. The molecule has 1 heterocycles. The normalized spacial score (nSPS) is 20.4. The van der Waals surface area contributed by atoms with Crippen LogP contribution in [0.3, 0.4) is 0 Å². The number of hydrogen-bond acceptors (Lipinski definition) is 11. The predicted molar refractivity (Wildman–Crippen MR) is 239 cm³/mol. The van der Waals surface area contributed by atoms with Crippen LogP contribution in [0.1, 0.15) is 206 Å². The molecule has 0 radical (unpaired) electrons. The Morgan fingerprint density at radius 3 is 1.50 bits per heavy atom. The van der Waals surface area contributed by atoms with Gasteiger partial charge in [-0.15, -0.1) is 0 Å². The molecular weight excluding hydrogens is 789 g/mol. The highest BCUT2D eigenvalue weighted by Crippen LogP contribution is 2.26. The van der Waals surface area contributed by atoms with Crippen LogP contribution in [0.25, 0.3) is 0 Å². The van der Waals surface area contributed by atoms with Gasteiger partial charge in [0.2, 0.25) is 0 Å². The maximum atomic E-state index is 12.9. The van der Waals surface area contributed by atoms with Crippen molar-refractivity contribution in [3.8, 4) is 0 Å². The van der Waals surface area contributed by atoms with Gasteiger partial charge in [0, 0.05) is 13.0 Å². The number of rotatable bonds is 42. The van der Waals surface area contributed by atoms with Gasteiger partial charge in [-0.1, -0.05) is 160 Å². The van der Waals surface area contributed by atoms with Crippen LogP contribution in [0.5, 0.6) is 0 Å². The molecule has 1 fully saturated rings. The highest BCUT2D eigenvalue weighted by molar-refractivity contribution is 7.80.